The predicted octanol–water partition coefficient (Wildman–Crippen LogP) is 5.09. The highest BCUT2D eigenvalue weighted by Gasteiger charge is 2.23. The van der Waals surface area contributed by atoms with E-state index in [1.807, 2.05) is 51.1 Å². The molecular weight excluding hydrogens is 388 g/mol. The molecule has 2 rings (SSSR count). The van der Waals surface area contributed by atoms with Crippen molar-refractivity contribution in [3.05, 3.63) is 41.6 Å². The van der Waals surface area contributed by atoms with E-state index in [0.717, 1.165) is 29.8 Å². The molecule has 6 nitrogen and oxygen atoms in total. The first kappa shape index (κ1) is 24.6. The van der Waals surface area contributed by atoms with Crippen molar-refractivity contribution in [2.75, 3.05) is 18.4 Å². The molecular formula is C25H38N4O2. The average molecular weight is 427 g/mol. The number of hydrogen-bond acceptors (Lipinski definition) is 3. The van der Waals surface area contributed by atoms with Crippen molar-refractivity contribution in [2.45, 2.75) is 73.1 Å². The summed E-state index contributed by atoms with van der Waals surface area (Å²) >= 11 is 0. The number of aryl methyl sites for hydroxylation is 1. The van der Waals surface area contributed by atoms with Gasteiger partial charge in [-0.05, 0) is 31.4 Å². The number of rotatable bonds is 9. The summed E-state index contributed by atoms with van der Waals surface area (Å²) in [6.07, 6.45) is 2.31. The van der Waals surface area contributed by atoms with E-state index in [1.165, 1.54) is 0 Å². The van der Waals surface area contributed by atoms with E-state index in [-0.39, 0.29) is 29.7 Å². The molecule has 1 aromatic heterocycles. The monoisotopic (exact) mass is 426 g/mol. The third-order valence-corrected chi connectivity index (χ3v) is 5.08. The number of hydrogen-bond donors (Lipinski definition) is 1. The van der Waals surface area contributed by atoms with Crippen molar-refractivity contribution in [3.63, 3.8) is 0 Å². The number of carbonyl (C=O) groups excluding carboxylic acids is 2. The number of amides is 2. The molecule has 1 N–H and O–H groups in total. The molecule has 1 aromatic carbocycles. The minimum absolute atomic E-state index is 0.0287. The van der Waals surface area contributed by atoms with Crippen LogP contribution in [0.2, 0.25) is 0 Å². The van der Waals surface area contributed by atoms with Gasteiger partial charge >= 0.3 is 0 Å². The Kier molecular flexibility index (Phi) is 8.43. The van der Waals surface area contributed by atoms with Crippen LogP contribution in [0.5, 0.6) is 0 Å². The van der Waals surface area contributed by atoms with Gasteiger partial charge in [0.05, 0.1) is 17.9 Å². The van der Waals surface area contributed by atoms with Crippen LogP contribution >= 0.6 is 0 Å². The summed E-state index contributed by atoms with van der Waals surface area (Å²) in [5.74, 6) is 0.700. The van der Waals surface area contributed by atoms with Crippen LogP contribution in [0.1, 0.15) is 72.1 Å². The molecule has 2 aromatic rings. The van der Waals surface area contributed by atoms with Gasteiger partial charge in [-0.25, -0.2) is 4.68 Å². The largest absolute Gasteiger partial charge is 0.333 e. The van der Waals surface area contributed by atoms with Gasteiger partial charge in [0.2, 0.25) is 11.8 Å². The van der Waals surface area contributed by atoms with Gasteiger partial charge in [0.15, 0.2) is 0 Å². The highest BCUT2D eigenvalue weighted by molar-refractivity contribution is 5.94. The van der Waals surface area contributed by atoms with Crippen LogP contribution in [0.3, 0.4) is 0 Å². The van der Waals surface area contributed by atoms with Gasteiger partial charge in [0.1, 0.15) is 5.82 Å². The Balaban J connectivity index is 2.26. The topological polar surface area (TPSA) is 67.2 Å². The summed E-state index contributed by atoms with van der Waals surface area (Å²) in [6.45, 7) is 15.1. The van der Waals surface area contributed by atoms with Gasteiger partial charge in [0.25, 0.3) is 0 Å². The molecule has 31 heavy (non-hydrogen) atoms. The van der Waals surface area contributed by atoms with E-state index in [1.54, 1.807) is 9.58 Å². The first-order valence-corrected chi connectivity index (χ1v) is 11.3. The van der Waals surface area contributed by atoms with Crippen molar-refractivity contribution in [1.82, 2.24) is 14.7 Å². The zero-order chi connectivity index (χ0) is 23.2. The molecule has 0 aliphatic carbocycles. The quantitative estimate of drug-likeness (QED) is 0.607. The fraction of sp³-hybridized carbons (Fsp3) is 0.560. The third kappa shape index (κ3) is 7.23. The lowest BCUT2D eigenvalue weighted by atomic mass is 9.92. The molecule has 2 amide bonds. The molecule has 0 bridgehead atoms. The number of nitrogens with zero attached hydrogens (tertiary/aromatic N) is 3. The van der Waals surface area contributed by atoms with Gasteiger partial charge in [-0.3, -0.25) is 9.59 Å². The molecule has 0 atom stereocenters. The third-order valence-electron chi connectivity index (χ3n) is 5.08. The Hall–Kier alpha value is -2.63. The fourth-order valence-electron chi connectivity index (χ4n) is 3.19. The SMILES string of the molecule is CCCCN(CC(=O)Nc1cc(C(C)(C)C)nn1-c1ccc(C)cc1)C(=O)CC(C)C. The van der Waals surface area contributed by atoms with Crippen molar-refractivity contribution in [1.29, 1.82) is 0 Å². The van der Waals surface area contributed by atoms with E-state index >= 15 is 0 Å². The number of aromatic nitrogens is 2. The fourth-order valence-corrected chi connectivity index (χ4v) is 3.19. The van der Waals surface area contributed by atoms with Crippen LogP contribution in [0, 0.1) is 12.8 Å². The molecule has 0 aliphatic rings. The molecule has 1 heterocycles. The first-order chi connectivity index (χ1) is 14.5. The molecule has 0 aliphatic heterocycles. The standard InChI is InChI=1S/C25H38N4O2/c1-8-9-14-28(24(31)15-18(2)3)17-23(30)26-22-16-21(25(5,6)7)27-29(22)20-12-10-19(4)11-13-20/h10-13,16,18H,8-9,14-15,17H2,1-7H3,(H,26,30). The van der Waals surface area contributed by atoms with Gasteiger partial charge in [-0.15, -0.1) is 0 Å². The van der Waals surface area contributed by atoms with Gasteiger partial charge in [-0.2, -0.15) is 5.10 Å². The Morgan fingerprint density at radius 3 is 2.35 bits per heavy atom. The lowest BCUT2D eigenvalue weighted by Gasteiger charge is -2.23. The van der Waals surface area contributed by atoms with Crippen LogP contribution in [-0.2, 0) is 15.0 Å². The molecule has 0 spiro atoms. The summed E-state index contributed by atoms with van der Waals surface area (Å²) in [7, 11) is 0. The number of anilines is 1. The Bertz CT molecular complexity index is 876. The van der Waals surface area contributed by atoms with Crippen LogP contribution in [0.25, 0.3) is 5.69 Å². The van der Waals surface area contributed by atoms with E-state index in [9.17, 15) is 9.59 Å². The summed E-state index contributed by atoms with van der Waals surface area (Å²) in [6, 6.07) is 9.95. The van der Waals surface area contributed by atoms with Crippen molar-refractivity contribution in [2.24, 2.45) is 5.92 Å². The second-order valence-corrected chi connectivity index (χ2v) is 9.73. The summed E-state index contributed by atoms with van der Waals surface area (Å²) in [5, 5.41) is 7.76. The number of benzene rings is 1. The maximum Gasteiger partial charge on any atom is 0.245 e. The van der Waals surface area contributed by atoms with Crippen molar-refractivity contribution >= 4 is 17.6 Å². The summed E-state index contributed by atoms with van der Waals surface area (Å²) < 4.78 is 1.77. The van der Waals surface area contributed by atoms with Crippen molar-refractivity contribution in [3.8, 4) is 5.69 Å². The molecule has 0 radical (unpaired) electrons. The van der Waals surface area contributed by atoms with Gasteiger partial charge < -0.3 is 10.2 Å². The predicted molar refractivity (Wildman–Crippen MR) is 127 cm³/mol. The minimum Gasteiger partial charge on any atom is -0.333 e. The van der Waals surface area contributed by atoms with Crippen LogP contribution in [0.4, 0.5) is 5.82 Å². The first-order valence-electron chi connectivity index (χ1n) is 11.3. The summed E-state index contributed by atoms with van der Waals surface area (Å²) in [5.41, 5.74) is 2.78. The number of carbonyl (C=O) groups is 2. The lowest BCUT2D eigenvalue weighted by molar-refractivity contribution is -0.135. The highest BCUT2D eigenvalue weighted by atomic mass is 16.2. The normalized spacial score (nSPS) is 11.6. The van der Waals surface area contributed by atoms with E-state index in [0.29, 0.717) is 18.8 Å². The number of unbranched alkanes of at least 4 members (excludes halogenated alkanes) is 1. The Labute approximate surface area is 187 Å². The lowest BCUT2D eigenvalue weighted by Crippen LogP contribution is -2.39. The zero-order valence-electron chi connectivity index (χ0n) is 20.2. The van der Waals surface area contributed by atoms with Crippen LogP contribution in [-0.4, -0.2) is 39.6 Å². The summed E-state index contributed by atoms with van der Waals surface area (Å²) in [4.78, 5) is 27.2. The molecule has 0 saturated heterocycles. The molecule has 6 heteroatoms. The van der Waals surface area contributed by atoms with E-state index < -0.39 is 0 Å². The van der Waals surface area contributed by atoms with E-state index in [2.05, 4.69) is 33.0 Å². The second-order valence-electron chi connectivity index (χ2n) is 9.73. The van der Waals surface area contributed by atoms with E-state index in [4.69, 9.17) is 5.10 Å². The minimum atomic E-state index is -0.207. The maximum atomic E-state index is 12.9. The zero-order valence-corrected chi connectivity index (χ0v) is 20.2. The average Bonchev–Trinajstić information content (AvgIpc) is 3.09. The molecule has 0 saturated carbocycles. The second kappa shape index (κ2) is 10.6. The number of nitrogens with one attached hydrogen (secondary N) is 1. The van der Waals surface area contributed by atoms with Gasteiger partial charge in [-0.1, -0.05) is 65.7 Å². The molecule has 170 valence electrons. The van der Waals surface area contributed by atoms with Crippen LogP contribution < -0.4 is 5.32 Å². The van der Waals surface area contributed by atoms with Crippen molar-refractivity contribution < 1.29 is 9.59 Å². The smallest absolute Gasteiger partial charge is 0.245 e. The Morgan fingerprint density at radius 1 is 1.16 bits per heavy atom. The maximum absolute atomic E-state index is 12.9. The Morgan fingerprint density at radius 2 is 1.81 bits per heavy atom. The highest BCUT2D eigenvalue weighted by Crippen LogP contribution is 2.26. The van der Waals surface area contributed by atoms with Gasteiger partial charge in [0, 0.05) is 24.4 Å². The molecule has 0 fully saturated rings. The van der Waals surface area contributed by atoms with Crippen LogP contribution in [0.15, 0.2) is 30.3 Å². The molecule has 0 unspecified atom stereocenters.